The molecule has 2 heterocycles. The third-order valence-electron chi connectivity index (χ3n) is 4.27. The smallest absolute Gasteiger partial charge is 0.267 e. The van der Waals surface area contributed by atoms with Crippen LogP contribution in [0.2, 0.25) is 10.2 Å². The van der Waals surface area contributed by atoms with Gasteiger partial charge in [0, 0.05) is 6.07 Å². The second kappa shape index (κ2) is 7.58. The summed E-state index contributed by atoms with van der Waals surface area (Å²) in [6.07, 6.45) is 1.37. The molecule has 0 aliphatic heterocycles. The normalized spacial score (nSPS) is 12.1. The van der Waals surface area contributed by atoms with Crippen molar-refractivity contribution in [3.8, 4) is 5.69 Å². The number of aromatic nitrogens is 4. The molecule has 1 atom stereocenters. The van der Waals surface area contributed by atoms with E-state index in [0.717, 1.165) is 0 Å². The second-order valence-electron chi connectivity index (χ2n) is 6.17. The lowest BCUT2D eigenvalue weighted by atomic mass is 10.2. The van der Waals surface area contributed by atoms with E-state index in [9.17, 15) is 4.79 Å². The maximum atomic E-state index is 13.3. The molecule has 0 amide bonds. The average molecular weight is 412 g/mol. The summed E-state index contributed by atoms with van der Waals surface area (Å²) in [5.74, 6) is 1.06. The van der Waals surface area contributed by atoms with Crippen LogP contribution < -0.4 is 10.9 Å². The van der Waals surface area contributed by atoms with E-state index in [1.807, 2.05) is 37.3 Å². The largest absolute Gasteiger partial charge is 0.360 e. The van der Waals surface area contributed by atoms with Crippen molar-refractivity contribution in [1.82, 2.24) is 19.5 Å². The SMILES string of the molecule is C[C@@H](Nc1cc(Cl)ncn1)c1nc2cccc(Cl)c2c(=O)n1-c1ccccc1. The fraction of sp³-hybridized carbons (Fsp3) is 0.100. The molecule has 4 aromatic rings. The number of nitrogens with zero attached hydrogens (tertiary/aromatic N) is 4. The highest BCUT2D eigenvalue weighted by Gasteiger charge is 2.19. The summed E-state index contributed by atoms with van der Waals surface area (Å²) in [6.45, 7) is 1.90. The molecule has 1 N–H and O–H groups in total. The number of rotatable bonds is 4. The molecular weight excluding hydrogens is 397 g/mol. The van der Waals surface area contributed by atoms with E-state index >= 15 is 0 Å². The molecular formula is C20H15Cl2N5O. The molecule has 6 nitrogen and oxygen atoms in total. The van der Waals surface area contributed by atoms with Crippen molar-refractivity contribution in [3.63, 3.8) is 0 Å². The van der Waals surface area contributed by atoms with Crippen LogP contribution in [0.3, 0.4) is 0 Å². The van der Waals surface area contributed by atoms with Gasteiger partial charge >= 0.3 is 0 Å². The first-order chi connectivity index (χ1) is 13.5. The van der Waals surface area contributed by atoms with E-state index in [1.54, 1.807) is 28.8 Å². The van der Waals surface area contributed by atoms with Crippen LogP contribution in [-0.2, 0) is 0 Å². The quantitative estimate of drug-likeness (QED) is 0.494. The zero-order valence-electron chi connectivity index (χ0n) is 14.8. The molecule has 4 rings (SSSR count). The maximum absolute atomic E-state index is 13.3. The Balaban J connectivity index is 1.92. The van der Waals surface area contributed by atoms with Gasteiger partial charge in [-0.15, -0.1) is 0 Å². The lowest BCUT2D eigenvalue weighted by molar-refractivity contribution is 0.731. The number of para-hydroxylation sites is 1. The third kappa shape index (κ3) is 3.44. The fourth-order valence-corrected chi connectivity index (χ4v) is 3.42. The zero-order valence-corrected chi connectivity index (χ0v) is 16.3. The Bertz CT molecular complexity index is 1210. The van der Waals surface area contributed by atoms with E-state index in [2.05, 4.69) is 15.3 Å². The number of anilines is 1. The van der Waals surface area contributed by atoms with Crippen LogP contribution in [0.1, 0.15) is 18.8 Å². The number of halogens is 2. The summed E-state index contributed by atoms with van der Waals surface area (Å²) < 4.78 is 1.56. The van der Waals surface area contributed by atoms with Crippen LogP contribution in [-0.4, -0.2) is 19.5 Å². The van der Waals surface area contributed by atoms with Crippen molar-refractivity contribution >= 4 is 39.9 Å². The summed E-state index contributed by atoms with van der Waals surface area (Å²) in [4.78, 5) is 26.1. The van der Waals surface area contributed by atoms with Crippen molar-refractivity contribution in [2.75, 3.05) is 5.32 Å². The standard InChI is InChI=1S/C20H15Cl2N5O/c1-12(25-17-10-16(22)23-11-24-17)19-26-15-9-5-8-14(21)18(15)20(28)27(19)13-6-3-2-4-7-13/h2-12H,1H3,(H,23,24,25)/t12-/m1/s1. The molecule has 0 radical (unpaired) electrons. The van der Waals surface area contributed by atoms with Gasteiger partial charge < -0.3 is 5.32 Å². The van der Waals surface area contributed by atoms with Crippen LogP contribution in [0.5, 0.6) is 0 Å². The first kappa shape index (κ1) is 18.4. The molecule has 0 spiro atoms. The van der Waals surface area contributed by atoms with Gasteiger partial charge in [-0.25, -0.2) is 15.0 Å². The topological polar surface area (TPSA) is 72.7 Å². The molecule has 2 aromatic carbocycles. The molecule has 0 unspecified atom stereocenters. The highest BCUT2D eigenvalue weighted by Crippen LogP contribution is 2.24. The van der Waals surface area contributed by atoms with Crippen LogP contribution in [0.4, 0.5) is 5.82 Å². The second-order valence-corrected chi connectivity index (χ2v) is 6.97. The molecule has 28 heavy (non-hydrogen) atoms. The first-order valence-electron chi connectivity index (χ1n) is 8.55. The van der Waals surface area contributed by atoms with Gasteiger partial charge in [-0.2, -0.15) is 0 Å². The predicted octanol–water partition coefficient (Wildman–Crippen LogP) is 4.66. The third-order valence-corrected chi connectivity index (χ3v) is 4.79. The Hall–Kier alpha value is -2.96. The van der Waals surface area contributed by atoms with Gasteiger partial charge in [0.1, 0.15) is 23.1 Å². The van der Waals surface area contributed by atoms with Gasteiger partial charge in [0.25, 0.3) is 5.56 Å². The lowest BCUT2D eigenvalue weighted by Gasteiger charge is -2.20. The summed E-state index contributed by atoms with van der Waals surface area (Å²) in [7, 11) is 0. The predicted molar refractivity (Wildman–Crippen MR) is 111 cm³/mol. The summed E-state index contributed by atoms with van der Waals surface area (Å²) in [5, 5.41) is 4.30. The Morgan fingerprint density at radius 1 is 1.04 bits per heavy atom. The minimum absolute atomic E-state index is 0.230. The molecule has 0 saturated carbocycles. The van der Waals surface area contributed by atoms with E-state index in [0.29, 0.717) is 38.4 Å². The van der Waals surface area contributed by atoms with E-state index in [-0.39, 0.29) is 11.6 Å². The van der Waals surface area contributed by atoms with Crippen molar-refractivity contribution < 1.29 is 0 Å². The summed E-state index contributed by atoms with van der Waals surface area (Å²) in [6, 6.07) is 15.8. The molecule has 2 aromatic heterocycles. The summed E-state index contributed by atoms with van der Waals surface area (Å²) in [5.41, 5.74) is 1.01. The molecule has 0 aliphatic rings. The fourth-order valence-electron chi connectivity index (χ4n) is 3.02. The summed E-state index contributed by atoms with van der Waals surface area (Å²) >= 11 is 12.2. The van der Waals surface area contributed by atoms with Crippen LogP contribution in [0, 0.1) is 0 Å². The minimum atomic E-state index is -0.345. The number of benzene rings is 2. The Labute approximate surface area is 170 Å². The number of fused-ring (bicyclic) bond motifs is 1. The Kier molecular flexibility index (Phi) is 4.98. The maximum Gasteiger partial charge on any atom is 0.267 e. The number of hydrogen-bond acceptors (Lipinski definition) is 5. The molecule has 140 valence electrons. The first-order valence-corrected chi connectivity index (χ1v) is 9.31. The van der Waals surface area contributed by atoms with Gasteiger partial charge in [-0.1, -0.05) is 47.5 Å². The van der Waals surface area contributed by atoms with Crippen molar-refractivity contribution in [1.29, 1.82) is 0 Å². The van der Waals surface area contributed by atoms with Crippen LogP contribution in [0.15, 0.2) is 65.7 Å². The number of nitrogens with one attached hydrogen (secondary N) is 1. The van der Waals surface area contributed by atoms with Crippen molar-refractivity contribution in [2.45, 2.75) is 13.0 Å². The lowest BCUT2D eigenvalue weighted by Crippen LogP contribution is -2.27. The van der Waals surface area contributed by atoms with E-state index in [1.165, 1.54) is 6.33 Å². The monoisotopic (exact) mass is 411 g/mol. The van der Waals surface area contributed by atoms with E-state index < -0.39 is 0 Å². The van der Waals surface area contributed by atoms with Crippen LogP contribution >= 0.6 is 23.2 Å². The van der Waals surface area contributed by atoms with Gasteiger partial charge in [0.05, 0.1) is 27.7 Å². The molecule has 0 aliphatic carbocycles. The number of hydrogen-bond donors (Lipinski definition) is 1. The average Bonchev–Trinajstić information content (AvgIpc) is 2.68. The van der Waals surface area contributed by atoms with Gasteiger partial charge in [-0.3, -0.25) is 9.36 Å². The highest BCUT2D eigenvalue weighted by atomic mass is 35.5. The van der Waals surface area contributed by atoms with Gasteiger partial charge in [0.2, 0.25) is 0 Å². The molecule has 0 saturated heterocycles. The highest BCUT2D eigenvalue weighted by molar-refractivity contribution is 6.35. The van der Waals surface area contributed by atoms with Gasteiger partial charge in [-0.05, 0) is 31.2 Å². The Morgan fingerprint density at radius 2 is 1.82 bits per heavy atom. The van der Waals surface area contributed by atoms with Crippen molar-refractivity contribution in [3.05, 3.63) is 87.3 Å². The molecule has 0 fully saturated rings. The molecule has 0 bridgehead atoms. The van der Waals surface area contributed by atoms with Crippen molar-refractivity contribution in [2.24, 2.45) is 0 Å². The molecule has 8 heteroatoms. The van der Waals surface area contributed by atoms with Crippen LogP contribution in [0.25, 0.3) is 16.6 Å². The van der Waals surface area contributed by atoms with Gasteiger partial charge in [0.15, 0.2) is 0 Å². The van der Waals surface area contributed by atoms with E-state index in [4.69, 9.17) is 28.2 Å². The minimum Gasteiger partial charge on any atom is -0.360 e. The zero-order chi connectivity index (χ0) is 19.7. The Morgan fingerprint density at radius 3 is 2.57 bits per heavy atom.